The number of benzene rings is 2. The molecule has 0 aliphatic rings. The van der Waals surface area contributed by atoms with Crippen molar-refractivity contribution in [3.05, 3.63) is 60.0 Å². The van der Waals surface area contributed by atoms with Crippen LogP contribution in [0.1, 0.15) is 13.8 Å². The molecule has 0 unspecified atom stereocenters. The van der Waals surface area contributed by atoms with E-state index in [-0.39, 0.29) is 0 Å². The van der Waals surface area contributed by atoms with E-state index in [2.05, 4.69) is 4.98 Å². The molecule has 3 aromatic rings. The highest BCUT2D eigenvalue weighted by atomic mass is 32.2. The summed E-state index contributed by atoms with van der Waals surface area (Å²) in [6.07, 6.45) is 0. The Morgan fingerprint density at radius 3 is 2.16 bits per heavy atom. The zero-order valence-corrected chi connectivity index (χ0v) is 15.8. The molecule has 0 saturated heterocycles. The van der Waals surface area contributed by atoms with Gasteiger partial charge >= 0.3 is 0 Å². The van der Waals surface area contributed by atoms with Crippen molar-refractivity contribution in [3.8, 4) is 21.8 Å². The molecule has 4 nitrogen and oxygen atoms in total. The van der Waals surface area contributed by atoms with Gasteiger partial charge in [0.15, 0.2) is 0 Å². The average Bonchev–Trinajstić information content (AvgIpc) is 3.13. The molecule has 0 bridgehead atoms. The Morgan fingerprint density at radius 1 is 0.920 bits per heavy atom. The van der Waals surface area contributed by atoms with Crippen molar-refractivity contribution in [1.82, 2.24) is 9.29 Å². The maximum atomic E-state index is 12.5. The van der Waals surface area contributed by atoms with E-state index in [4.69, 9.17) is 0 Å². The van der Waals surface area contributed by atoms with Gasteiger partial charge in [-0.05, 0) is 12.1 Å². The number of sulfonamides is 1. The molecule has 0 aliphatic heterocycles. The zero-order chi connectivity index (χ0) is 17.9. The molecule has 0 fully saturated rings. The van der Waals surface area contributed by atoms with Crippen LogP contribution in [0.5, 0.6) is 0 Å². The standard InChI is InChI=1S/C19H20N2O2S2/c1-3-21(4-2)25(22,23)17-12-10-15(11-13-17)18-14-24-19(20-18)16-8-6-5-7-9-16/h5-14H,3-4H2,1-2H3. The fraction of sp³-hybridized carbons (Fsp3) is 0.211. The van der Waals surface area contributed by atoms with Crippen molar-refractivity contribution in [1.29, 1.82) is 0 Å². The Kier molecular flexibility index (Phi) is 5.32. The summed E-state index contributed by atoms with van der Waals surface area (Å²) in [5, 5.41) is 2.95. The molecule has 1 heterocycles. The van der Waals surface area contributed by atoms with Crippen LogP contribution in [-0.2, 0) is 10.0 Å². The van der Waals surface area contributed by atoms with E-state index in [9.17, 15) is 8.42 Å². The summed E-state index contributed by atoms with van der Waals surface area (Å²) < 4.78 is 26.5. The van der Waals surface area contributed by atoms with Crippen LogP contribution in [0, 0.1) is 0 Å². The summed E-state index contributed by atoms with van der Waals surface area (Å²) in [6, 6.07) is 17.0. The normalized spacial score (nSPS) is 11.8. The lowest BCUT2D eigenvalue weighted by Gasteiger charge is -2.18. The first-order valence-corrected chi connectivity index (χ1v) is 10.5. The second-order valence-corrected chi connectivity index (χ2v) is 8.31. The number of hydrogen-bond acceptors (Lipinski definition) is 4. The third-order valence-corrected chi connectivity index (χ3v) is 6.97. The Balaban J connectivity index is 1.88. The molecular formula is C19H20N2O2S2. The first-order valence-electron chi connectivity index (χ1n) is 8.17. The van der Waals surface area contributed by atoms with Gasteiger partial charge in [0.2, 0.25) is 10.0 Å². The topological polar surface area (TPSA) is 50.3 Å². The third-order valence-electron chi connectivity index (χ3n) is 4.02. The number of rotatable bonds is 6. The molecule has 0 atom stereocenters. The number of nitrogens with zero attached hydrogens (tertiary/aromatic N) is 2. The van der Waals surface area contributed by atoms with Gasteiger partial charge in [-0.2, -0.15) is 4.31 Å². The van der Waals surface area contributed by atoms with E-state index in [0.29, 0.717) is 18.0 Å². The first-order chi connectivity index (χ1) is 12.1. The van der Waals surface area contributed by atoms with Crippen LogP contribution in [0.4, 0.5) is 0 Å². The molecule has 0 aliphatic carbocycles. The van der Waals surface area contributed by atoms with Crippen molar-refractivity contribution in [3.63, 3.8) is 0 Å². The zero-order valence-electron chi connectivity index (χ0n) is 14.2. The average molecular weight is 373 g/mol. The van der Waals surface area contributed by atoms with Crippen molar-refractivity contribution in [2.24, 2.45) is 0 Å². The molecule has 130 valence electrons. The summed E-state index contributed by atoms with van der Waals surface area (Å²) >= 11 is 1.58. The highest BCUT2D eigenvalue weighted by Gasteiger charge is 2.21. The first kappa shape index (κ1) is 17.8. The van der Waals surface area contributed by atoms with Crippen LogP contribution in [0.25, 0.3) is 21.8 Å². The van der Waals surface area contributed by atoms with Crippen molar-refractivity contribution < 1.29 is 8.42 Å². The van der Waals surface area contributed by atoms with E-state index in [1.807, 2.05) is 61.7 Å². The molecule has 25 heavy (non-hydrogen) atoms. The maximum absolute atomic E-state index is 12.5. The van der Waals surface area contributed by atoms with Crippen LogP contribution in [0.3, 0.4) is 0 Å². The van der Waals surface area contributed by atoms with Gasteiger partial charge in [-0.3, -0.25) is 0 Å². The van der Waals surface area contributed by atoms with E-state index in [0.717, 1.165) is 21.8 Å². The molecule has 0 N–H and O–H groups in total. The molecule has 0 radical (unpaired) electrons. The lowest BCUT2D eigenvalue weighted by molar-refractivity contribution is 0.445. The van der Waals surface area contributed by atoms with E-state index in [1.54, 1.807) is 23.5 Å². The van der Waals surface area contributed by atoms with E-state index in [1.165, 1.54) is 4.31 Å². The smallest absolute Gasteiger partial charge is 0.236 e. The summed E-state index contributed by atoms with van der Waals surface area (Å²) in [6.45, 7) is 4.62. The second-order valence-electron chi connectivity index (χ2n) is 5.52. The second kappa shape index (κ2) is 7.47. The number of aromatic nitrogens is 1. The van der Waals surface area contributed by atoms with Gasteiger partial charge in [0.1, 0.15) is 5.01 Å². The van der Waals surface area contributed by atoms with Crippen LogP contribution in [-0.4, -0.2) is 30.8 Å². The van der Waals surface area contributed by atoms with Gasteiger partial charge in [0.05, 0.1) is 10.6 Å². The fourth-order valence-electron chi connectivity index (χ4n) is 2.63. The lowest BCUT2D eigenvalue weighted by atomic mass is 10.2. The van der Waals surface area contributed by atoms with Gasteiger partial charge in [0, 0.05) is 29.6 Å². The molecule has 2 aromatic carbocycles. The Bertz CT molecular complexity index is 929. The monoisotopic (exact) mass is 372 g/mol. The van der Waals surface area contributed by atoms with E-state index < -0.39 is 10.0 Å². The largest absolute Gasteiger partial charge is 0.243 e. The van der Waals surface area contributed by atoms with Crippen LogP contribution in [0.15, 0.2) is 64.9 Å². The predicted octanol–water partition coefficient (Wildman–Crippen LogP) is 4.51. The minimum atomic E-state index is -3.42. The van der Waals surface area contributed by atoms with Crippen LogP contribution in [0.2, 0.25) is 0 Å². The molecule has 0 amide bonds. The van der Waals surface area contributed by atoms with Crippen molar-refractivity contribution >= 4 is 21.4 Å². The summed E-state index contributed by atoms with van der Waals surface area (Å²) in [5.41, 5.74) is 2.85. The van der Waals surface area contributed by atoms with Gasteiger partial charge in [-0.1, -0.05) is 56.3 Å². The quantitative estimate of drug-likeness (QED) is 0.640. The van der Waals surface area contributed by atoms with Crippen LogP contribution >= 0.6 is 11.3 Å². The van der Waals surface area contributed by atoms with Crippen molar-refractivity contribution in [2.45, 2.75) is 18.7 Å². The Labute approximate surface area is 152 Å². The van der Waals surface area contributed by atoms with Gasteiger partial charge in [0.25, 0.3) is 0 Å². The van der Waals surface area contributed by atoms with Gasteiger partial charge < -0.3 is 0 Å². The summed E-state index contributed by atoms with van der Waals surface area (Å²) in [5.74, 6) is 0. The molecular weight excluding hydrogens is 352 g/mol. The maximum Gasteiger partial charge on any atom is 0.243 e. The molecule has 0 spiro atoms. The highest BCUT2D eigenvalue weighted by molar-refractivity contribution is 7.89. The third kappa shape index (κ3) is 3.66. The Hall–Kier alpha value is -2.02. The number of thiazole rings is 1. The molecule has 6 heteroatoms. The Morgan fingerprint density at radius 2 is 1.56 bits per heavy atom. The molecule has 1 aromatic heterocycles. The minimum Gasteiger partial charge on any atom is -0.236 e. The SMILES string of the molecule is CCN(CC)S(=O)(=O)c1ccc(-c2csc(-c3ccccc3)n2)cc1. The minimum absolute atomic E-state index is 0.318. The molecule has 3 rings (SSSR count). The van der Waals surface area contributed by atoms with E-state index >= 15 is 0 Å². The fourth-order valence-corrected chi connectivity index (χ4v) is 4.92. The van der Waals surface area contributed by atoms with Crippen LogP contribution < -0.4 is 0 Å². The number of hydrogen-bond donors (Lipinski definition) is 0. The van der Waals surface area contributed by atoms with Gasteiger partial charge in [-0.15, -0.1) is 11.3 Å². The highest BCUT2D eigenvalue weighted by Crippen LogP contribution is 2.29. The predicted molar refractivity (Wildman–Crippen MR) is 103 cm³/mol. The van der Waals surface area contributed by atoms with Crippen molar-refractivity contribution in [2.75, 3.05) is 13.1 Å². The molecule has 0 saturated carbocycles. The lowest BCUT2D eigenvalue weighted by Crippen LogP contribution is -2.30. The van der Waals surface area contributed by atoms with Gasteiger partial charge in [-0.25, -0.2) is 13.4 Å². The summed E-state index contributed by atoms with van der Waals surface area (Å²) in [4.78, 5) is 4.99. The summed E-state index contributed by atoms with van der Waals surface area (Å²) in [7, 11) is -3.42.